The summed E-state index contributed by atoms with van der Waals surface area (Å²) in [5.74, 6) is 5.52. The molecule has 3 aliphatic carbocycles. The molecule has 4 rings (SSSR count). The number of rotatable bonds is 2. The van der Waals surface area contributed by atoms with Crippen LogP contribution in [0.25, 0.3) is 0 Å². The molecular formula is C16H19Br. The third-order valence-corrected chi connectivity index (χ3v) is 5.93. The van der Waals surface area contributed by atoms with Gasteiger partial charge in [0.15, 0.2) is 0 Å². The van der Waals surface area contributed by atoms with Crippen molar-refractivity contribution in [3.8, 4) is 0 Å². The van der Waals surface area contributed by atoms with E-state index in [1.54, 1.807) is 12.0 Å². The van der Waals surface area contributed by atoms with E-state index < -0.39 is 0 Å². The maximum absolute atomic E-state index is 3.52. The maximum Gasteiger partial charge on any atom is 0.0175 e. The van der Waals surface area contributed by atoms with Gasteiger partial charge in [0.25, 0.3) is 0 Å². The topological polar surface area (TPSA) is 0 Å². The van der Waals surface area contributed by atoms with E-state index in [0.29, 0.717) is 0 Å². The summed E-state index contributed by atoms with van der Waals surface area (Å²) >= 11 is 3.52. The number of hydrogen-bond donors (Lipinski definition) is 0. The van der Waals surface area contributed by atoms with E-state index in [4.69, 9.17) is 0 Å². The van der Waals surface area contributed by atoms with E-state index in [9.17, 15) is 0 Å². The molecule has 2 unspecified atom stereocenters. The summed E-state index contributed by atoms with van der Waals surface area (Å²) in [6, 6.07) is 9.00. The molecule has 0 bridgehead atoms. The average Bonchev–Trinajstić information content (AvgIpc) is 3.22. The number of fused-ring (bicyclic) bond motifs is 1. The quantitative estimate of drug-likeness (QED) is 0.720. The van der Waals surface area contributed by atoms with Gasteiger partial charge in [-0.15, -0.1) is 0 Å². The fraction of sp³-hybridized carbons (Fsp3) is 0.625. The van der Waals surface area contributed by atoms with E-state index in [2.05, 4.69) is 40.2 Å². The summed E-state index contributed by atoms with van der Waals surface area (Å²) in [5, 5.41) is 0. The molecule has 1 aromatic rings. The number of halogens is 1. The zero-order chi connectivity index (χ0) is 11.4. The Bertz CT molecular complexity index is 406. The first-order valence-electron chi connectivity index (χ1n) is 7.08. The minimum Gasteiger partial charge on any atom is -0.0576 e. The summed E-state index contributed by atoms with van der Waals surface area (Å²) in [6.07, 6.45) is 7.44. The molecule has 17 heavy (non-hydrogen) atoms. The van der Waals surface area contributed by atoms with Crippen molar-refractivity contribution < 1.29 is 0 Å². The molecular weight excluding hydrogens is 272 g/mol. The lowest BCUT2D eigenvalue weighted by atomic mass is 9.75. The second-order valence-corrected chi connectivity index (χ2v) is 7.22. The maximum atomic E-state index is 3.52. The van der Waals surface area contributed by atoms with Crippen LogP contribution in [0.5, 0.6) is 0 Å². The van der Waals surface area contributed by atoms with Gasteiger partial charge in [-0.1, -0.05) is 28.1 Å². The summed E-state index contributed by atoms with van der Waals surface area (Å²) in [7, 11) is 0. The van der Waals surface area contributed by atoms with Gasteiger partial charge >= 0.3 is 0 Å². The first-order valence-corrected chi connectivity index (χ1v) is 7.87. The van der Waals surface area contributed by atoms with E-state index in [0.717, 1.165) is 11.8 Å². The molecule has 0 amide bonds. The standard InChI is InChI=1S/C16H19Br/c17-13-7-5-11(6-8-13)10-1-3-12(4-2-10)16-14-9-15(14)16/h5-8,10,12,14-16H,1-4,9H2. The van der Waals surface area contributed by atoms with Gasteiger partial charge in [-0.25, -0.2) is 0 Å². The Morgan fingerprint density at radius 2 is 1.53 bits per heavy atom. The molecule has 1 heteroatoms. The average molecular weight is 291 g/mol. The lowest BCUT2D eigenvalue weighted by Crippen LogP contribution is -2.17. The zero-order valence-corrected chi connectivity index (χ0v) is 11.7. The first kappa shape index (κ1) is 10.6. The first-order chi connectivity index (χ1) is 8.33. The SMILES string of the molecule is Brc1ccc(C2CCC(C3C4CC43)CC2)cc1. The molecule has 1 aromatic carbocycles. The minimum absolute atomic E-state index is 0.842. The second-order valence-electron chi connectivity index (χ2n) is 6.30. The Kier molecular flexibility index (Phi) is 2.40. The molecule has 0 heterocycles. The highest BCUT2D eigenvalue weighted by atomic mass is 79.9. The summed E-state index contributed by atoms with van der Waals surface area (Å²) in [4.78, 5) is 0. The van der Waals surface area contributed by atoms with Gasteiger partial charge in [0.2, 0.25) is 0 Å². The summed E-state index contributed by atoms with van der Waals surface area (Å²) in [6.45, 7) is 0. The molecule has 3 aliphatic rings. The molecule has 2 atom stereocenters. The van der Waals surface area contributed by atoms with Crippen molar-refractivity contribution in [1.29, 1.82) is 0 Å². The van der Waals surface area contributed by atoms with Gasteiger partial charge in [0, 0.05) is 4.47 Å². The Balaban J connectivity index is 1.39. The minimum atomic E-state index is 0.842. The highest BCUT2D eigenvalue weighted by Gasteiger charge is 2.66. The summed E-state index contributed by atoms with van der Waals surface area (Å²) < 4.78 is 1.20. The largest absolute Gasteiger partial charge is 0.0576 e. The molecule has 0 aliphatic heterocycles. The van der Waals surface area contributed by atoms with Crippen LogP contribution in [-0.2, 0) is 0 Å². The van der Waals surface area contributed by atoms with Crippen molar-refractivity contribution >= 4 is 15.9 Å². The van der Waals surface area contributed by atoms with Crippen LogP contribution in [0.2, 0.25) is 0 Å². The van der Waals surface area contributed by atoms with Crippen LogP contribution in [0.15, 0.2) is 28.7 Å². The van der Waals surface area contributed by atoms with Crippen molar-refractivity contribution in [2.24, 2.45) is 23.7 Å². The predicted molar refractivity (Wildman–Crippen MR) is 73.9 cm³/mol. The van der Waals surface area contributed by atoms with Gasteiger partial charge in [-0.3, -0.25) is 0 Å². The molecule has 0 N–H and O–H groups in total. The fourth-order valence-corrected chi connectivity index (χ4v) is 4.36. The van der Waals surface area contributed by atoms with Crippen LogP contribution in [0.4, 0.5) is 0 Å². The van der Waals surface area contributed by atoms with Crippen molar-refractivity contribution in [3.05, 3.63) is 34.3 Å². The lowest BCUT2D eigenvalue weighted by Gasteiger charge is -2.30. The van der Waals surface area contributed by atoms with Crippen LogP contribution >= 0.6 is 15.9 Å². The second kappa shape index (κ2) is 3.85. The normalized spacial score (nSPS) is 43.0. The fourth-order valence-electron chi connectivity index (χ4n) is 4.10. The third kappa shape index (κ3) is 1.87. The summed E-state index contributed by atoms with van der Waals surface area (Å²) in [5.41, 5.74) is 1.56. The third-order valence-electron chi connectivity index (χ3n) is 5.40. The molecule has 0 spiro atoms. The molecule has 0 radical (unpaired) electrons. The molecule has 90 valence electrons. The van der Waals surface area contributed by atoms with Gasteiger partial charge in [-0.2, -0.15) is 0 Å². The van der Waals surface area contributed by atoms with Crippen LogP contribution < -0.4 is 0 Å². The van der Waals surface area contributed by atoms with Crippen LogP contribution in [-0.4, -0.2) is 0 Å². The van der Waals surface area contributed by atoms with Crippen molar-refractivity contribution in [3.63, 3.8) is 0 Å². The van der Waals surface area contributed by atoms with Crippen molar-refractivity contribution in [2.75, 3.05) is 0 Å². The zero-order valence-electron chi connectivity index (χ0n) is 10.1. The molecule has 0 aromatic heterocycles. The van der Waals surface area contributed by atoms with E-state index in [-0.39, 0.29) is 0 Å². The van der Waals surface area contributed by atoms with Crippen LogP contribution in [0.1, 0.15) is 43.6 Å². The lowest BCUT2D eigenvalue weighted by molar-refractivity contribution is 0.261. The van der Waals surface area contributed by atoms with E-state index in [1.165, 1.54) is 47.9 Å². The molecule has 0 saturated heterocycles. The van der Waals surface area contributed by atoms with Crippen LogP contribution in [0, 0.1) is 23.7 Å². The van der Waals surface area contributed by atoms with Gasteiger partial charge < -0.3 is 0 Å². The molecule has 0 nitrogen and oxygen atoms in total. The van der Waals surface area contributed by atoms with Crippen molar-refractivity contribution in [1.82, 2.24) is 0 Å². The Morgan fingerprint density at radius 1 is 0.882 bits per heavy atom. The monoisotopic (exact) mass is 290 g/mol. The predicted octanol–water partition coefficient (Wildman–Crippen LogP) is 4.99. The molecule has 3 saturated carbocycles. The van der Waals surface area contributed by atoms with Gasteiger partial charge in [0.1, 0.15) is 0 Å². The molecule has 3 fully saturated rings. The number of benzene rings is 1. The Hall–Kier alpha value is -0.300. The Labute approximate surface area is 112 Å². The Morgan fingerprint density at radius 3 is 2.06 bits per heavy atom. The van der Waals surface area contributed by atoms with Crippen LogP contribution in [0.3, 0.4) is 0 Å². The van der Waals surface area contributed by atoms with E-state index in [1.807, 2.05) is 0 Å². The smallest absolute Gasteiger partial charge is 0.0175 e. The van der Waals surface area contributed by atoms with Gasteiger partial charge in [-0.05, 0) is 79.4 Å². The number of hydrogen-bond acceptors (Lipinski definition) is 0. The van der Waals surface area contributed by atoms with Gasteiger partial charge in [0.05, 0.1) is 0 Å². The van der Waals surface area contributed by atoms with Crippen molar-refractivity contribution in [2.45, 2.75) is 38.0 Å². The highest BCUT2D eigenvalue weighted by molar-refractivity contribution is 9.10. The van der Waals surface area contributed by atoms with E-state index >= 15 is 0 Å². The highest BCUT2D eigenvalue weighted by Crippen LogP contribution is 2.72.